The van der Waals surface area contributed by atoms with Crippen LogP contribution in [0.5, 0.6) is 23.1 Å². The number of hydrogen-bond acceptors (Lipinski definition) is 8. The van der Waals surface area contributed by atoms with Gasteiger partial charge in [0.2, 0.25) is 10.8 Å². The molecule has 0 aliphatic heterocycles. The molecule has 0 unspecified atom stereocenters. The maximum atomic E-state index is 11.1. The van der Waals surface area contributed by atoms with Gasteiger partial charge in [0.15, 0.2) is 11.5 Å². The summed E-state index contributed by atoms with van der Waals surface area (Å²) in [6.07, 6.45) is 0. The number of aromatic nitrogens is 3. The number of methoxy groups -OCH3 is 3. The van der Waals surface area contributed by atoms with Crippen molar-refractivity contribution in [2.24, 2.45) is 0 Å². The molecule has 168 valence electrons. The molecule has 8 nitrogen and oxygen atoms in total. The minimum atomic E-state index is -0.372. The number of aromatic hydroxyl groups is 1. The molecule has 0 bridgehead atoms. The molecule has 0 spiro atoms. The van der Waals surface area contributed by atoms with Gasteiger partial charge in [-0.25, -0.2) is 4.98 Å². The molecule has 2 heterocycles. The van der Waals surface area contributed by atoms with Gasteiger partial charge < -0.3 is 19.3 Å². The van der Waals surface area contributed by atoms with E-state index in [0.717, 1.165) is 11.1 Å². The van der Waals surface area contributed by atoms with Gasteiger partial charge >= 0.3 is 0 Å². The summed E-state index contributed by atoms with van der Waals surface area (Å²) in [6.45, 7) is 2.44. The first kappa shape index (κ1) is 21.9. The first-order valence-electron chi connectivity index (χ1n) is 10.1. The van der Waals surface area contributed by atoms with Crippen molar-refractivity contribution in [1.29, 1.82) is 0 Å². The highest BCUT2D eigenvalue weighted by Crippen LogP contribution is 2.47. The van der Waals surface area contributed by atoms with Crippen LogP contribution in [0.15, 0.2) is 42.5 Å². The van der Waals surface area contributed by atoms with E-state index in [1.807, 2.05) is 31.3 Å². The molecule has 0 aliphatic rings. The number of thiazole rings is 1. The molecule has 0 saturated carbocycles. The fraction of sp³-hybridized carbons (Fsp3) is 0.304. The predicted molar refractivity (Wildman–Crippen MR) is 123 cm³/mol. The molecule has 0 saturated heterocycles. The third kappa shape index (κ3) is 3.96. The highest BCUT2D eigenvalue weighted by Gasteiger charge is 2.32. The number of fused-ring (bicyclic) bond motifs is 1. The number of nitrogens with zero attached hydrogens (tertiary/aromatic N) is 4. The molecule has 9 heteroatoms. The fourth-order valence-corrected chi connectivity index (χ4v) is 5.04. The Hall–Kier alpha value is -3.30. The van der Waals surface area contributed by atoms with E-state index in [1.54, 1.807) is 34.3 Å². The Bertz CT molecular complexity index is 1220. The number of ether oxygens (including phenoxy) is 3. The zero-order valence-corrected chi connectivity index (χ0v) is 19.5. The van der Waals surface area contributed by atoms with Crippen molar-refractivity contribution >= 4 is 16.3 Å². The Morgan fingerprint density at radius 1 is 1.09 bits per heavy atom. The van der Waals surface area contributed by atoms with Crippen LogP contribution in [-0.4, -0.2) is 53.0 Å². The summed E-state index contributed by atoms with van der Waals surface area (Å²) >= 11 is 1.39. The zero-order chi connectivity index (χ0) is 22.8. The second-order valence-electron chi connectivity index (χ2n) is 7.40. The summed E-state index contributed by atoms with van der Waals surface area (Å²) in [5, 5.41) is 15.4. The largest absolute Gasteiger partial charge is 0.497 e. The van der Waals surface area contributed by atoms with Crippen molar-refractivity contribution in [2.45, 2.75) is 19.5 Å². The Morgan fingerprint density at radius 3 is 2.47 bits per heavy atom. The average molecular weight is 455 g/mol. The van der Waals surface area contributed by atoms with E-state index in [-0.39, 0.29) is 11.9 Å². The van der Waals surface area contributed by atoms with Crippen molar-refractivity contribution in [2.75, 3.05) is 28.4 Å². The minimum absolute atomic E-state index is 0.0550. The Balaban J connectivity index is 1.91. The van der Waals surface area contributed by atoms with Gasteiger partial charge in [-0.2, -0.15) is 4.52 Å². The van der Waals surface area contributed by atoms with Crippen LogP contribution in [0.4, 0.5) is 0 Å². The van der Waals surface area contributed by atoms with Gasteiger partial charge in [0.05, 0.1) is 32.2 Å². The molecule has 2 aromatic heterocycles. The van der Waals surface area contributed by atoms with Crippen molar-refractivity contribution < 1.29 is 19.3 Å². The van der Waals surface area contributed by atoms with E-state index in [2.05, 4.69) is 27.1 Å². The highest BCUT2D eigenvalue weighted by atomic mass is 32.1. The molecular formula is C23H26N4O4S. The van der Waals surface area contributed by atoms with E-state index in [4.69, 9.17) is 14.2 Å². The molecule has 0 amide bonds. The lowest BCUT2D eigenvalue weighted by Gasteiger charge is -2.29. The molecule has 32 heavy (non-hydrogen) atoms. The monoisotopic (exact) mass is 454 g/mol. The third-order valence-corrected chi connectivity index (χ3v) is 6.35. The lowest BCUT2D eigenvalue weighted by Crippen LogP contribution is -2.25. The van der Waals surface area contributed by atoms with Crippen LogP contribution in [0.25, 0.3) is 4.96 Å². The fourth-order valence-electron chi connectivity index (χ4n) is 3.86. The van der Waals surface area contributed by atoms with Crippen molar-refractivity contribution in [3.8, 4) is 23.1 Å². The van der Waals surface area contributed by atoms with Crippen LogP contribution in [0, 0.1) is 6.92 Å². The van der Waals surface area contributed by atoms with Crippen LogP contribution in [0.1, 0.15) is 27.9 Å². The van der Waals surface area contributed by atoms with Gasteiger partial charge in [-0.1, -0.05) is 41.7 Å². The van der Waals surface area contributed by atoms with Gasteiger partial charge in [0, 0.05) is 18.2 Å². The summed E-state index contributed by atoms with van der Waals surface area (Å²) < 4.78 is 18.3. The van der Waals surface area contributed by atoms with Crippen LogP contribution < -0.4 is 14.2 Å². The summed E-state index contributed by atoms with van der Waals surface area (Å²) in [5.41, 5.74) is 1.95. The molecule has 0 fully saturated rings. The average Bonchev–Trinajstić information content (AvgIpc) is 3.30. The molecule has 2 aromatic carbocycles. The summed E-state index contributed by atoms with van der Waals surface area (Å²) in [5.74, 6) is 2.42. The Morgan fingerprint density at radius 2 is 1.84 bits per heavy atom. The van der Waals surface area contributed by atoms with Crippen molar-refractivity contribution in [3.05, 3.63) is 64.3 Å². The summed E-state index contributed by atoms with van der Waals surface area (Å²) in [4.78, 5) is 7.91. The number of hydrogen-bond donors (Lipinski definition) is 1. The topological polar surface area (TPSA) is 81.3 Å². The second kappa shape index (κ2) is 9.05. The third-order valence-electron chi connectivity index (χ3n) is 5.28. The van der Waals surface area contributed by atoms with Crippen molar-refractivity contribution in [1.82, 2.24) is 19.5 Å². The molecule has 4 rings (SSSR count). The number of aryl methyl sites for hydroxylation is 1. The van der Waals surface area contributed by atoms with Crippen LogP contribution in [0.2, 0.25) is 0 Å². The van der Waals surface area contributed by atoms with E-state index < -0.39 is 0 Å². The molecule has 0 radical (unpaired) electrons. The Kier molecular flexibility index (Phi) is 6.20. The molecule has 1 N–H and O–H groups in total. The highest BCUT2D eigenvalue weighted by molar-refractivity contribution is 7.17. The smallest absolute Gasteiger partial charge is 0.230 e. The lowest BCUT2D eigenvalue weighted by atomic mass is 10.0. The predicted octanol–water partition coefficient (Wildman–Crippen LogP) is 4.05. The molecular weight excluding hydrogens is 428 g/mol. The van der Waals surface area contributed by atoms with Crippen LogP contribution >= 0.6 is 11.3 Å². The summed E-state index contributed by atoms with van der Waals surface area (Å²) in [6, 6.07) is 13.5. The van der Waals surface area contributed by atoms with Crippen molar-refractivity contribution in [3.63, 3.8) is 0 Å². The number of rotatable bonds is 8. The van der Waals surface area contributed by atoms with Gasteiger partial charge in [0.1, 0.15) is 11.6 Å². The first-order chi connectivity index (χ1) is 15.5. The standard InChI is InChI=1S/C23H26N4O4S/c1-14-24-23-27(25-14)22(28)21(32-23)19(26(2)13-15-9-7-6-8-10-15)17-11-16(29-3)12-18(30-4)20(17)31-5/h6-12,19,28H,13H2,1-5H3/t19-/m0/s1. The molecule has 0 aliphatic carbocycles. The first-order valence-corrected chi connectivity index (χ1v) is 10.9. The quantitative estimate of drug-likeness (QED) is 0.430. The molecule has 1 atom stereocenters. The van der Waals surface area contributed by atoms with Gasteiger partial charge in [-0.3, -0.25) is 4.90 Å². The minimum Gasteiger partial charge on any atom is -0.497 e. The molecule has 4 aromatic rings. The zero-order valence-electron chi connectivity index (χ0n) is 18.7. The van der Waals surface area contributed by atoms with Crippen LogP contribution in [0.3, 0.4) is 0 Å². The summed E-state index contributed by atoms with van der Waals surface area (Å²) in [7, 11) is 6.81. The maximum absolute atomic E-state index is 11.1. The van der Waals surface area contributed by atoms with Crippen LogP contribution in [-0.2, 0) is 6.54 Å². The Labute approximate surface area is 190 Å². The van der Waals surface area contributed by atoms with E-state index in [9.17, 15) is 5.11 Å². The number of benzene rings is 2. The second-order valence-corrected chi connectivity index (χ2v) is 8.41. The van der Waals surface area contributed by atoms with Gasteiger partial charge in [0.25, 0.3) is 0 Å². The van der Waals surface area contributed by atoms with E-state index in [1.165, 1.54) is 15.9 Å². The van der Waals surface area contributed by atoms with E-state index >= 15 is 0 Å². The van der Waals surface area contributed by atoms with E-state index in [0.29, 0.717) is 39.5 Å². The SMILES string of the molecule is COc1cc(OC)c(OC)c([C@@H](c2sc3nc(C)nn3c2O)N(C)Cc2ccccc2)c1. The lowest BCUT2D eigenvalue weighted by molar-refractivity contribution is 0.257. The van der Waals surface area contributed by atoms with Gasteiger partial charge in [-0.15, -0.1) is 5.10 Å². The normalized spacial score (nSPS) is 12.3. The maximum Gasteiger partial charge on any atom is 0.230 e. The van der Waals surface area contributed by atoms with Gasteiger partial charge in [-0.05, 0) is 25.6 Å².